The first kappa shape index (κ1) is 12.8. The van der Waals surface area contributed by atoms with Crippen molar-refractivity contribution in [2.24, 2.45) is 0 Å². The van der Waals surface area contributed by atoms with Crippen molar-refractivity contribution in [2.75, 3.05) is 19.8 Å². The summed E-state index contributed by atoms with van der Waals surface area (Å²) in [7, 11) is 0. The molecule has 6 heteroatoms. The maximum Gasteiger partial charge on any atom is 0.323 e. The molecule has 0 aliphatic heterocycles. The van der Waals surface area contributed by atoms with Crippen molar-refractivity contribution in [1.29, 1.82) is 0 Å². The summed E-state index contributed by atoms with van der Waals surface area (Å²) >= 11 is 6.01. The minimum absolute atomic E-state index is 0.207. The van der Waals surface area contributed by atoms with Gasteiger partial charge in [-0.25, -0.2) is 0 Å². The number of hydrogen-bond donors (Lipinski definition) is 0. The molecule has 0 aromatic carbocycles. The van der Waals surface area contributed by atoms with Crippen LogP contribution in [-0.2, 0) is 0 Å². The van der Waals surface area contributed by atoms with Crippen molar-refractivity contribution in [3.05, 3.63) is 5.02 Å². The maximum atomic E-state index is 6.01. The van der Waals surface area contributed by atoms with Crippen LogP contribution >= 0.6 is 11.6 Å². The molecule has 1 rings (SSSR count). The topological polar surface area (TPSA) is 53.5 Å². The summed E-state index contributed by atoms with van der Waals surface area (Å²) in [6, 6.07) is 0.207. The van der Waals surface area contributed by atoms with Crippen molar-refractivity contribution in [2.45, 2.75) is 20.8 Å². The fourth-order valence-corrected chi connectivity index (χ4v) is 1.24. The van der Waals surface area contributed by atoms with Crippen molar-refractivity contribution in [3.63, 3.8) is 0 Å². The monoisotopic (exact) mass is 246 g/mol. The van der Waals surface area contributed by atoms with E-state index in [2.05, 4.69) is 9.97 Å². The normalized spacial score (nSPS) is 10.0. The molecule has 0 amide bonds. The lowest BCUT2D eigenvalue weighted by Crippen LogP contribution is -2.05. The van der Waals surface area contributed by atoms with Gasteiger partial charge in [-0.2, -0.15) is 9.97 Å². The van der Waals surface area contributed by atoms with Gasteiger partial charge in [0, 0.05) is 0 Å². The minimum atomic E-state index is 0.207. The molecule has 1 heterocycles. The Balaban J connectivity index is 3.05. The van der Waals surface area contributed by atoms with Crippen LogP contribution in [0.15, 0.2) is 0 Å². The summed E-state index contributed by atoms with van der Waals surface area (Å²) in [5.74, 6) is 0.567. The molecule has 0 bridgehead atoms. The Labute approximate surface area is 99.7 Å². The van der Waals surface area contributed by atoms with E-state index in [1.165, 1.54) is 0 Å². The molecular formula is C10H15ClN2O3. The van der Waals surface area contributed by atoms with Crippen molar-refractivity contribution < 1.29 is 14.2 Å². The Hall–Kier alpha value is -1.23. The minimum Gasteiger partial charge on any atom is -0.477 e. The number of rotatable bonds is 6. The quantitative estimate of drug-likeness (QED) is 0.771. The number of ether oxygens (including phenoxy) is 3. The highest BCUT2D eigenvalue weighted by atomic mass is 35.5. The third-order valence-electron chi connectivity index (χ3n) is 1.61. The summed E-state index contributed by atoms with van der Waals surface area (Å²) in [6.45, 7) is 6.94. The zero-order valence-electron chi connectivity index (χ0n) is 9.62. The highest BCUT2D eigenvalue weighted by molar-refractivity contribution is 6.33. The van der Waals surface area contributed by atoms with E-state index in [-0.39, 0.29) is 22.8 Å². The second-order valence-corrected chi connectivity index (χ2v) is 3.11. The van der Waals surface area contributed by atoms with E-state index in [1.807, 2.05) is 20.8 Å². The number of nitrogens with zero attached hydrogens (tertiary/aromatic N) is 2. The molecule has 0 radical (unpaired) electrons. The van der Waals surface area contributed by atoms with Gasteiger partial charge in [-0.3, -0.25) is 0 Å². The van der Waals surface area contributed by atoms with Crippen LogP contribution in [0, 0.1) is 0 Å². The van der Waals surface area contributed by atoms with Crippen molar-refractivity contribution in [1.82, 2.24) is 9.97 Å². The Morgan fingerprint density at radius 1 is 0.875 bits per heavy atom. The summed E-state index contributed by atoms with van der Waals surface area (Å²) in [5, 5.41) is 0.271. The molecule has 0 saturated heterocycles. The molecule has 1 aromatic rings. The average Bonchev–Trinajstić information content (AvgIpc) is 2.26. The molecule has 1 aromatic heterocycles. The van der Waals surface area contributed by atoms with Crippen LogP contribution in [0.4, 0.5) is 0 Å². The largest absolute Gasteiger partial charge is 0.477 e. The average molecular weight is 247 g/mol. The van der Waals surface area contributed by atoms with E-state index in [9.17, 15) is 0 Å². The van der Waals surface area contributed by atoms with Gasteiger partial charge in [0.2, 0.25) is 11.8 Å². The number of halogens is 1. The molecule has 0 spiro atoms. The first-order valence-corrected chi connectivity index (χ1v) is 5.56. The van der Waals surface area contributed by atoms with Crippen LogP contribution in [0.1, 0.15) is 20.8 Å². The third-order valence-corrected chi connectivity index (χ3v) is 1.93. The smallest absolute Gasteiger partial charge is 0.323 e. The van der Waals surface area contributed by atoms with Crippen LogP contribution in [0.2, 0.25) is 5.02 Å². The van der Waals surface area contributed by atoms with Crippen LogP contribution in [0.25, 0.3) is 0 Å². The highest BCUT2D eigenvalue weighted by Gasteiger charge is 2.15. The second kappa shape index (κ2) is 6.37. The Kier molecular flexibility index (Phi) is 5.11. The molecule has 0 aliphatic rings. The lowest BCUT2D eigenvalue weighted by Gasteiger charge is -2.10. The van der Waals surface area contributed by atoms with Crippen LogP contribution < -0.4 is 14.2 Å². The molecule has 0 unspecified atom stereocenters. The van der Waals surface area contributed by atoms with Crippen LogP contribution in [0.5, 0.6) is 17.8 Å². The molecular weight excluding hydrogens is 232 g/mol. The number of hydrogen-bond acceptors (Lipinski definition) is 5. The lowest BCUT2D eigenvalue weighted by molar-refractivity contribution is 0.270. The van der Waals surface area contributed by atoms with Gasteiger partial charge in [-0.15, -0.1) is 0 Å². The maximum absolute atomic E-state index is 6.01. The van der Waals surface area contributed by atoms with Crippen LogP contribution in [0.3, 0.4) is 0 Å². The van der Waals surface area contributed by atoms with E-state index < -0.39 is 0 Å². The van der Waals surface area contributed by atoms with E-state index in [0.717, 1.165) is 0 Å². The van der Waals surface area contributed by atoms with Gasteiger partial charge >= 0.3 is 6.01 Å². The SMILES string of the molecule is CCOc1nc(OCC)c(Cl)c(OCC)n1. The van der Waals surface area contributed by atoms with E-state index in [4.69, 9.17) is 25.8 Å². The van der Waals surface area contributed by atoms with Gasteiger partial charge in [-0.1, -0.05) is 11.6 Å². The van der Waals surface area contributed by atoms with Gasteiger partial charge in [0.25, 0.3) is 0 Å². The van der Waals surface area contributed by atoms with Crippen molar-refractivity contribution >= 4 is 11.6 Å². The summed E-state index contributed by atoms with van der Waals surface area (Å²) < 4.78 is 15.7. The second-order valence-electron chi connectivity index (χ2n) is 2.73. The molecule has 0 aliphatic carbocycles. The molecule has 0 saturated carbocycles. The first-order valence-electron chi connectivity index (χ1n) is 5.18. The fraction of sp³-hybridized carbons (Fsp3) is 0.600. The lowest BCUT2D eigenvalue weighted by atomic mass is 10.6. The highest BCUT2D eigenvalue weighted by Crippen LogP contribution is 2.32. The Bertz CT molecular complexity index is 320. The fourth-order valence-electron chi connectivity index (χ4n) is 1.05. The summed E-state index contributed by atoms with van der Waals surface area (Å²) in [4.78, 5) is 8.05. The van der Waals surface area contributed by atoms with E-state index in [1.54, 1.807) is 0 Å². The molecule has 0 N–H and O–H groups in total. The zero-order valence-corrected chi connectivity index (χ0v) is 10.4. The predicted molar refractivity (Wildman–Crippen MR) is 60.5 cm³/mol. The van der Waals surface area contributed by atoms with E-state index >= 15 is 0 Å². The van der Waals surface area contributed by atoms with Gasteiger partial charge < -0.3 is 14.2 Å². The van der Waals surface area contributed by atoms with Gasteiger partial charge in [0.1, 0.15) is 0 Å². The Morgan fingerprint density at radius 3 is 1.69 bits per heavy atom. The molecule has 0 atom stereocenters. The van der Waals surface area contributed by atoms with Gasteiger partial charge in [-0.05, 0) is 20.8 Å². The predicted octanol–water partition coefficient (Wildman–Crippen LogP) is 2.33. The molecule has 16 heavy (non-hydrogen) atoms. The third kappa shape index (κ3) is 3.13. The zero-order chi connectivity index (χ0) is 12.0. The van der Waals surface area contributed by atoms with Gasteiger partial charge in [0.05, 0.1) is 19.8 Å². The molecule has 90 valence electrons. The molecule has 0 fully saturated rings. The number of aromatic nitrogens is 2. The van der Waals surface area contributed by atoms with E-state index in [0.29, 0.717) is 19.8 Å². The van der Waals surface area contributed by atoms with Crippen molar-refractivity contribution in [3.8, 4) is 17.8 Å². The van der Waals surface area contributed by atoms with Crippen LogP contribution in [-0.4, -0.2) is 29.8 Å². The molecule has 5 nitrogen and oxygen atoms in total. The summed E-state index contributed by atoms with van der Waals surface area (Å²) in [5.41, 5.74) is 0. The Morgan fingerprint density at radius 2 is 1.31 bits per heavy atom. The van der Waals surface area contributed by atoms with Gasteiger partial charge in [0.15, 0.2) is 5.02 Å². The standard InChI is InChI=1S/C10H15ClN2O3/c1-4-14-8-7(11)9(15-5-2)13-10(12-8)16-6-3/h4-6H2,1-3H3. The first-order chi connectivity index (χ1) is 7.72. The summed E-state index contributed by atoms with van der Waals surface area (Å²) in [6.07, 6.45) is 0.